The molecule has 3 heteroatoms. The predicted octanol–water partition coefficient (Wildman–Crippen LogP) is 2.25. The van der Waals surface area contributed by atoms with E-state index in [1.165, 1.54) is 0 Å². The lowest BCUT2D eigenvalue weighted by Crippen LogP contribution is -1.95. The van der Waals surface area contributed by atoms with Gasteiger partial charge in [-0.1, -0.05) is 17.7 Å². The van der Waals surface area contributed by atoms with Crippen molar-refractivity contribution in [3.05, 3.63) is 34.3 Å². The molecule has 0 amide bonds. The second kappa shape index (κ2) is 2.79. The van der Waals surface area contributed by atoms with Crippen LogP contribution < -0.4 is 0 Å². The Labute approximate surface area is 75.8 Å². The van der Waals surface area contributed by atoms with Crippen LogP contribution in [0.4, 0.5) is 0 Å². The minimum absolute atomic E-state index is 0.543. The number of nitrogens with zero attached hydrogens (tertiary/aromatic N) is 1. The topological polar surface area (TPSA) is 21.6 Å². The number of halogens is 1. The van der Waals surface area contributed by atoms with E-state index >= 15 is 0 Å². The summed E-state index contributed by atoms with van der Waals surface area (Å²) in [5.41, 5.74) is 2.06. The number of hydrogen-bond donors (Lipinski definition) is 0. The Bertz CT molecular complexity index is 346. The zero-order chi connectivity index (χ0) is 8.55. The van der Waals surface area contributed by atoms with Crippen LogP contribution in [0.3, 0.4) is 0 Å². The molecule has 0 atom stereocenters. The highest BCUT2D eigenvalue weighted by molar-refractivity contribution is 6.32. The minimum Gasteiger partial charge on any atom is -0.473 e. The fourth-order valence-corrected chi connectivity index (χ4v) is 1.54. The first-order valence-corrected chi connectivity index (χ1v) is 4.08. The third kappa shape index (κ3) is 0.994. The second-order valence-corrected chi connectivity index (χ2v) is 2.99. The van der Waals surface area contributed by atoms with E-state index in [9.17, 15) is 0 Å². The first kappa shape index (κ1) is 7.62. The zero-order valence-corrected chi connectivity index (χ0v) is 7.43. The predicted molar refractivity (Wildman–Crippen MR) is 48.7 cm³/mol. The Kier molecular flexibility index (Phi) is 1.77. The quantitative estimate of drug-likeness (QED) is 0.602. The molecule has 0 radical (unpaired) electrons. The van der Waals surface area contributed by atoms with Gasteiger partial charge in [-0.3, -0.25) is 4.99 Å². The first-order valence-electron chi connectivity index (χ1n) is 3.70. The summed E-state index contributed by atoms with van der Waals surface area (Å²) in [5.74, 6) is 0.688. The number of benzene rings is 1. The van der Waals surface area contributed by atoms with E-state index in [4.69, 9.17) is 16.3 Å². The van der Waals surface area contributed by atoms with Gasteiger partial charge in [-0.05, 0) is 12.1 Å². The van der Waals surface area contributed by atoms with Crippen LogP contribution in [0.2, 0.25) is 5.02 Å². The van der Waals surface area contributed by atoms with Crippen LogP contribution in [-0.4, -0.2) is 12.9 Å². The standard InChI is InChI=1S/C9H8ClNO/c1-11-9-6-3-2-4-8(10)7(6)5-12-9/h2-4H,5H2,1H3. The van der Waals surface area contributed by atoms with Crippen molar-refractivity contribution < 1.29 is 4.74 Å². The Morgan fingerprint density at radius 1 is 1.50 bits per heavy atom. The fraction of sp³-hybridized carbons (Fsp3) is 0.222. The van der Waals surface area contributed by atoms with Crippen molar-refractivity contribution in [3.63, 3.8) is 0 Å². The molecule has 1 heterocycles. The van der Waals surface area contributed by atoms with Gasteiger partial charge in [0.25, 0.3) is 0 Å². The summed E-state index contributed by atoms with van der Waals surface area (Å²) in [4.78, 5) is 4.01. The summed E-state index contributed by atoms with van der Waals surface area (Å²) in [6.07, 6.45) is 0. The van der Waals surface area contributed by atoms with Gasteiger partial charge in [-0.15, -0.1) is 0 Å². The van der Waals surface area contributed by atoms with Crippen LogP contribution in [0, 0.1) is 0 Å². The molecule has 1 aromatic rings. The number of aliphatic imine (C=N–C) groups is 1. The van der Waals surface area contributed by atoms with Crippen LogP contribution in [-0.2, 0) is 11.3 Å². The molecule has 0 aromatic heterocycles. The molecule has 0 N–H and O–H groups in total. The molecule has 0 saturated carbocycles. The van der Waals surface area contributed by atoms with Crippen molar-refractivity contribution in [1.82, 2.24) is 0 Å². The van der Waals surface area contributed by atoms with Gasteiger partial charge in [0.1, 0.15) is 6.61 Å². The summed E-state index contributed by atoms with van der Waals surface area (Å²) >= 11 is 5.96. The van der Waals surface area contributed by atoms with E-state index < -0.39 is 0 Å². The molecule has 1 aliphatic heterocycles. The maximum absolute atomic E-state index is 5.96. The van der Waals surface area contributed by atoms with Gasteiger partial charge in [0.05, 0.1) is 0 Å². The van der Waals surface area contributed by atoms with E-state index in [1.54, 1.807) is 7.05 Å². The molecule has 0 bridgehead atoms. The van der Waals surface area contributed by atoms with Crippen LogP contribution >= 0.6 is 11.6 Å². The van der Waals surface area contributed by atoms with Crippen molar-refractivity contribution in [2.45, 2.75) is 6.61 Å². The van der Waals surface area contributed by atoms with Gasteiger partial charge >= 0.3 is 0 Å². The molecule has 0 fully saturated rings. The molecule has 0 aliphatic carbocycles. The van der Waals surface area contributed by atoms with Gasteiger partial charge in [-0.25, -0.2) is 0 Å². The van der Waals surface area contributed by atoms with Crippen LogP contribution in [0.15, 0.2) is 23.2 Å². The lowest BCUT2D eigenvalue weighted by Gasteiger charge is -1.96. The average molecular weight is 182 g/mol. The van der Waals surface area contributed by atoms with Crippen molar-refractivity contribution in [2.75, 3.05) is 7.05 Å². The SMILES string of the molecule is CN=C1OCc2c(Cl)cccc21. The maximum atomic E-state index is 5.96. The van der Waals surface area contributed by atoms with Crippen LogP contribution in [0.5, 0.6) is 0 Å². The molecule has 2 nitrogen and oxygen atoms in total. The third-order valence-corrected chi connectivity index (χ3v) is 2.26. The number of hydrogen-bond acceptors (Lipinski definition) is 2. The number of fused-ring (bicyclic) bond motifs is 1. The Morgan fingerprint density at radius 3 is 3.08 bits per heavy atom. The van der Waals surface area contributed by atoms with Crippen molar-refractivity contribution in [1.29, 1.82) is 0 Å². The van der Waals surface area contributed by atoms with Gasteiger partial charge in [0.15, 0.2) is 0 Å². The summed E-state index contributed by atoms with van der Waals surface area (Å²) in [5, 5.41) is 0.756. The van der Waals surface area contributed by atoms with E-state index in [1.807, 2.05) is 18.2 Å². The number of ether oxygens (including phenoxy) is 1. The van der Waals surface area contributed by atoms with E-state index in [0.717, 1.165) is 16.1 Å². The first-order chi connectivity index (χ1) is 5.83. The van der Waals surface area contributed by atoms with Gasteiger partial charge in [-0.2, -0.15) is 0 Å². The molecule has 12 heavy (non-hydrogen) atoms. The van der Waals surface area contributed by atoms with Crippen molar-refractivity contribution in [3.8, 4) is 0 Å². The minimum atomic E-state index is 0.543. The van der Waals surface area contributed by atoms with Crippen LogP contribution in [0.1, 0.15) is 11.1 Å². The molecule has 0 saturated heterocycles. The monoisotopic (exact) mass is 181 g/mol. The molecule has 2 rings (SSSR count). The maximum Gasteiger partial charge on any atom is 0.216 e. The van der Waals surface area contributed by atoms with E-state index in [2.05, 4.69) is 4.99 Å². The summed E-state index contributed by atoms with van der Waals surface area (Å²) in [7, 11) is 1.71. The lowest BCUT2D eigenvalue weighted by molar-refractivity contribution is 0.312. The largest absolute Gasteiger partial charge is 0.473 e. The Hall–Kier alpha value is -1.02. The third-order valence-electron chi connectivity index (χ3n) is 1.91. The Balaban J connectivity index is 2.61. The average Bonchev–Trinajstić information content (AvgIpc) is 2.49. The molecular weight excluding hydrogens is 174 g/mol. The number of rotatable bonds is 0. The highest BCUT2D eigenvalue weighted by Gasteiger charge is 2.20. The smallest absolute Gasteiger partial charge is 0.216 e. The summed E-state index contributed by atoms with van der Waals surface area (Å²) in [6, 6.07) is 5.74. The highest BCUT2D eigenvalue weighted by Crippen LogP contribution is 2.26. The molecule has 0 spiro atoms. The zero-order valence-electron chi connectivity index (χ0n) is 6.67. The molecular formula is C9H8ClNO. The fourth-order valence-electron chi connectivity index (χ4n) is 1.31. The van der Waals surface area contributed by atoms with Gasteiger partial charge < -0.3 is 4.74 Å². The van der Waals surface area contributed by atoms with Crippen molar-refractivity contribution >= 4 is 17.5 Å². The van der Waals surface area contributed by atoms with E-state index in [0.29, 0.717) is 12.5 Å². The van der Waals surface area contributed by atoms with Gasteiger partial charge in [0.2, 0.25) is 5.90 Å². The van der Waals surface area contributed by atoms with Crippen LogP contribution in [0.25, 0.3) is 0 Å². The van der Waals surface area contributed by atoms with E-state index in [-0.39, 0.29) is 0 Å². The molecule has 1 aliphatic rings. The molecule has 1 aromatic carbocycles. The van der Waals surface area contributed by atoms with Crippen molar-refractivity contribution in [2.24, 2.45) is 4.99 Å². The lowest BCUT2D eigenvalue weighted by atomic mass is 10.1. The molecule has 0 unspecified atom stereocenters. The summed E-state index contributed by atoms with van der Waals surface area (Å²) < 4.78 is 5.32. The summed E-state index contributed by atoms with van der Waals surface area (Å²) in [6.45, 7) is 0.543. The normalized spacial score (nSPS) is 17.7. The van der Waals surface area contributed by atoms with Gasteiger partial charge in [0, 0.05) is 23.2 Å². The molecule has 62 valence electrons. The Morgan fingerprint density at radius 2 is 2.33 bits per heavy atom. The highest BCUT2D eigenvalue weighted by atomic mass is 35.5. The second-order valence-electron chi connectivity index (χ2n) is 2.58.